The van der Waals surface area contributed by atoms with Crippen molar-refractivity contribution in [1.29, 1.82) is 0 Å². The molecule has 0 atom stereocenters. The Labute approximate surface area is 114 Å². The highest BCUT2D eigenvalue weighted by Crippen LogP contribution is 2.30. The van der Waals surface area contributed by atoms with Gasteiger partial charge in [-0.2, -0.15) is 0 Å². The van der Waals surface area contributed by atoms with E-state index in [-0.39, 0.29) is 0 Å². The molecule has 0 saturated heterocycles. The molecule has 0 fully saturated rings. The molecule has 0 amide bonds. The Morgan fingerprint density at radius 2 is 1.53 bits per heavy atom. The Morgan fingerprint density at radius 1 is 0.737 bits per heavy atom. The van der Waals surface area contributed by atoms with Crippen molar-refractivity contribution in [3.63, 3.8) is 0 Å². The first kappa shape index (κ1) is 12.0. The molecule has 0 aliphatic rings. The molecule has 0 aliphatic heterocycles. The highest BCUT2D eigenvalue weighted by Gasteiger charge is 2.06. The standard InChI is InChI=1S/C19H18/c1-14(2)17-12-11-16-9-6-10-18(19(16)13-17)15-7-4-3-5-8-15/h3-14H,1-2H3. The largest absolute Gasteiger partial charge is 0.0622 e. The summed E-state index contributed by atoms with van der Waals surface area (Å²) >= 11 is 0. The fourth-order valence-electron chi connectivity index (χ4n) is 2.52. The van der Waals surface area contributed by atoms with Gasteiger partial charge in [0.2, 0.25) is 0 Å². The van der Waals surface area contributed by atoms with Gasteiger partial charge < -0.3 is 0 Å². The third-order valence-corrected chi connectivity index (χ3v) is 3.66. The summed E-state index contributed by atoms with van der Waals surface area (Å²) in [6.07, 6.45) is 0. The van der Waals surface area contributed by atoms with Gasteiger partial charge in [-0.15, -0.1) is 0 Å². The summed E-state index contributed by atoms with van der Waals surface area (Å²) in [5.41, 5.74) is 4.01. The van der Waals surface area contributed by atoms with Crippen molar-refractivity contribution in [2.75, 3.05) is 0 Å². The zero-order valence-electron chi connectivity index (χ0n) is 11.4. The van der Waals surface area contributed by atoms with Gasteiger partial charge in [-0.3, -0.25) is 0 Å². The summed E-state index contributed by atoms with van der Waals surface area (Å²) < 4.78 is 0. The molecular formula is C19H18. The van der Waals surface area contributed by atoms with Crippen LogP contribution in [0, 0.1) is 0 Å². The minimum Gasteiger partial charge on any atom is -0.0622 e. The number of hydrogen-bond acceptors (Lipinski definition) is 0. The monoisotopic (exact) mass is 246 g/mol. The van der Waals surface area contributed by atoms with Crippen LogP contribution in [0.5, 0.6) is 0 Å². The second-order valence-corrected chi connectivity index (χ2v) is 5.31. The average molecular weight is 246 g/mol. The Hall–Kier alpha value is -2.08. The molecule has 3 rings (SSSR count). The Bertz CT molecular complexity index is 694. The minimum atomic E-state index is 0.563. The predicted octanol–water partition coefficient (Wildman–Crippen LogP) is 5.63. The highest BCUT2D eigenvalue weighted by atomic mass is 14.1. The molecule has 0 unspecified atom stereocenters. The molecule has 0 heteroatoms. The molecule has 0 N–H and O–H groups in total. The predicted molar refractivity (Wildman–Crippen MR) is 83.5 cm³/mol. The fraction of sp³-hybridized carbons (Fsp3) is 0.158. The summed E-state index contributed by atoms with van der Waals surface area (Å²) in [7, 11) is 0. The molecule has 19 heavy (non-hydrogen) atoms. The van der Waals surface area contributed by atoms with Gasteiger partial charge in [-0.25, -0.2) is 0 Å². The van der Waals surface area contributed by atoms with Crippen LogP contribution in [0.3, 0.4) is 0 Å². The van der Waals surface area contributed by atoms with Crippen LogP contribution in [-0.4, -0.2) is 0 Å². The van der Waals surface area contributed by atoms with Gasteiger partial charge >= 0.3 is 0 Å². The lowest BCUT2D eigenvalue weighted by Gasteiger charge is -2.11. The molecule has 0 radical (unpaired) electrons. The van der Waals surface area contributed by atoms with Crippen molar-refractivity contribution in [3.05, 3.63) is 72.3 Å². The van der Waals surface area contributed by atoms with E-state index in [1.807, 2.05) is 0 Å². The van der Waals surface area contributed by atoms with Crippen LogP contribution in [0.1, 0.15) is 25.3 Å². The van der Waals surface area contributed by atoms with Gasteiger partial charge in [0.15, 0.2) is 0 Å². The van der Waals surface area contributed by atoms with Crippen LogP contribution >= 0.6 is 0 Å². The number of fused-ring (bicyclic) bond motifs is 1. The van der Waals surface area contributed by atoms with Crippen molar-refractivity contribution >= 4 is 10.8 Å². The smallest absolute Gasteiger partial charge is 0.0103 e. The van der Waals surface area contributed by atoms with Crippen molar-refractivity contribution in [2.24, 2.45) is 0 Å². The van der Waals surface area contributed by atoms with Gasteiger partial charge in [0.05, 0.1) is 0 Å². The fourth-order valence-corrected chi connectivity index (χ4v) is 2.52. The topological polar surface area (TPSA) is 0 Å². The first-order valence-corrected chi connectivity index (χ1v) is 6.84. The van der Waals surface area contributed by atoms with E-state index in [1.54, 1.807) is 0 Å². The molecule has 0 bridgehead atoms. The van der Waals surface area contributed by atoms with E-state index in [0.717, 1.165) is 0 Å². The molecular weight excluding hydrogens is 228 g/mol. The average Bonchev–Trinajstić information content (AvgIpc) is 2.47. The SMILES string of the molecule is CC(C)c1ccc2cccc(-c3ccccc3)c2c1. The molecule has 3 aromatic carbocycles. The number of hydrogen-bond donors (Lipinski definition) is 0. The third-order valence-electron chi connectivity index (χ3n) is 3.66. The molecule has 0 aliphatic carbocycles. The Balaban J connectivity index is 2.27. The highest BCUT2D eigenvalue weighted by molar-refractivity contribution is 5.97. The zero-order valence-corrected chi connectivity index (χ0v) is 11.4. The summed E-state index contributed by atoms with van der Waals surface area (Å²) in [4.78, 5) is 0. The summed E-state index contributed by atoms with van der Waals surface area (Å²) in [5.74, 6) is 0.563. The lowest BCUT2D eigenvalue weighted by molar-refractivity contribution is 0.869. The minimum absolute atomic E-state index is 0.563. The first-order valence-electron chi connectivity index (χ1n) is 6.84. The normalized spacial score (nSPS) is 11.1. The van der Waals surface area contributed by atoms with Gasteiger partial charge in [0.25, 0.3) is 0 Å². The van der Waals surface area contributed by atoms with Crippen LogP contribution in [-0.2, 0) is 0 Å². The van der Waals surface area contributed by atoms with Crippen LogP contribution in [0.25, 0.3) is 21.9 Å². The molecule has 0 spiro atoms. The van der Waals surface area contributed by atoms with Crippen molar-refractivity contribution < 1.29 is 0 Å². The van der Waals surface area contributed by atoms with E-state index in [1.165, 1.54) is 27.5 Å². The quantitative estimate of drug-likeness (QED) is 0.549. The maximum absolute atomic E-state index is 2.34. The van der Waals surface area contributed by atoms with E-state index in [2.05, 4.69) is 80.6 Å². The molecule has 0 heterocycles. The molecule has 94 valence electrons. The molecule has 3 aromatic rings. The molecule has 0 saturated carbocycles. The van der Waals surface area contributed by atoms with E-state index < -0.39 is 0 Å². The maximum Gasteiger partial charge on any atom is -0.0103 e. The van der Waals surface area contributed by atoms with Crippen molar-refractivity contribution in [3.8, 4) is 11.1 Å². The van der Waals surface area contributed by atoms with Gasteiger partial charge in [0.1, 0.15) is 0 Å². The summed E-state index contributed by atoms with van der Waals surface area (Å²) in [6, 6.07) is 24.0. The summed E-state index contributed by atoms with van der Waals surface area (Å²) in [5, 5.41) is 2.66. The van der Waals surface area contributed by atoms with E-state index in [0.29, 0.717) is 5.92 Å². The number of benzene rings is 3. The van der Waals surface area contributed by atoms with Crippen molar-refractivity contribution in [1.82, 2.24) is 0 Å². The lowest BCUT2D eigenvalue weighted by Crippen LogP contribution is -1.88. The Morgan fingerprint density at radius 3 is 2.26 bits per heavy atom. The third kappa shape index (κ3) is 2.26. The summed E-state index contributed by atoms with van der Waals surface area (Å²) in [6.45, 7) is 4.48. The van der Waals surface area contributed by atoms with Crippen LogP contribution in [0.4, 0.5) is 0 Å². The zero-order chi connectivity index (χ0) is 13.2. The van der Waals surface area contributed by atoms with Crippen LogP contribution in [0.15, 0.2) is 66.7 Å². The van der Waals surface area contributed by atoms with Crippen LogP contribution < -0.4 is 0 Å². The van der Waals surface area contributed by atoms with Gasteiger partial charge in [-0.1, -0.05) is 80.6 Å². The van der Waals surface area contributed by atoms with E-state index in [4.69, 9.17) is 0 Å². The second-order valence-electron chi connectivity index (χ2n) is 5.31. The Kier molecular flexibility index (Phi) is 3.08. The van der Waals surface area contributed by atoms with Crippen molar-refractivity contribution in [2.45, 2.75) is 19.8 Å². The van der Waals surface area contributed by atoms with E-state index >= 15 is 0 Å². The molecule has 0 aromatic heterocycles. The number of rotatable bonds is 2. The second kappa shape index (κ2) is 4.89. The van der Waals surface area contributed by atoms with E-state index in [9.17, 15) is 0 Å². The van der Waals surface area contributed by atoms with Gasteiger partial charge in [-0.05, 0) is 33.4 Å². The maximum atomic E-state index is 2.34. The van der Waals surface area contributed by atoms with Gasteiger partial charge in [0, 0.05) is 0 Å². The van der Waals surface area contributed by atoms with Crippen LogP contribution in [0.2, 0.25) is 0 Å². The molecule has 0 nitrogen and oxygen atoms in total. The lowest BCUT2D eigenvalue weighted by atomic mass is 9.94. The first-order chi connectivity index (χ1) is 9.25.